The highest BCUT2D eigenvalue weighted by Crippen LogP contribution is 2.28. The van der Waals surface area contributed by atoms with Gasteiger partial charge in [0.2, 0.25) is 0 Å². The van der Waals surface area contributed by atoms with Crippen molar-refractivity contribution in [2.24, 2.45) is 5.92 Å². The molecule has 2 aromatic carbocycles. The second-order valence-electron chi connectivity index (χ2n) is 9.66. The molecule has 0 bridgehead atoms. The molecule has 2 aromatic rings. The summed E-state index contributed by atoms with van der Waals surface area (Å²) in [5.41, 5.74) is 5.72. The first-order valence-electron chi connectivity index (χ1n) is 13.0. The summed E-state index contributed by atoms with van der Waals surface area (Å²) in [5, 5.41) is 0. The molecule has 0 atom stereocenters. The van der Waals surface area contributed by atoms with Gasteiger partial charge in [0.05, 0.1) is 0 Å². The van der Waals surface area contributed by atoms with Gasteiger partial charge in [0.25, 0.3) is 0 Å². The van der Waals surface area contributed by atoms with E-state index >= 15 is 0 Å². The number of hydrogen-bond donors (Lipinski definition) is 0. The summed E-state index contributed by atoms with van der Waals surface area (Å²) >= 11 is 0. The Morgan fingerprint density at radius 1 is 0.567 bits per heavy atom. The zero-order valence-corrected chi connectivity index (χ0v) is 19.5. The van der Waals surface area contributed by atoms with E-state index in [-0.39, 0.29) is 0 Å². The van der Waals surface area contributed by atoms with Crippen LogP contribution in [-0.4, -0.2) is 0 Å². The van der Waals surface area contributed by atoms with Gasteiger partial charge in [0.1, 0.15) is 0 Å². The van der Waals surface area contributed by atoms with E-state index in [1.54, 1.807) is 0 Å². The van der Waals surface area contributed by atoms with Crippen LogP contribution in [0, 0.1) is 5.92 Å². The van der Waals surface area contributed by atoms with Crippen molar-refractivity contribution in [2.75, 3.05) is 0 Å². The molecule has 0 radical (unpaired) electrons. The summed E-state index contributed by atoms with van der Waals surface area (Å²) in [6.45, 7) is 2.29. The highest BCUT2D eigenvalue weighted by molar-refractivity contribution is 5.63. The average molecular weight is 405 g/mol. The number of aryl methyl sites for hydroxylation is 2. The molecular formula is C30H44. The molecule has 0 saturated heterocycles. The van der Waals surface area contributed by atoms with Crippen molar-refractivity contribution in [3.63, 3.8) is 0 Å². The minimum atomic E-state index is 0.979. The van der Waals surface area contributed by atoms with Crippen molar-refractivity contribution in [3.8, 4) is 11.1 Å². The van der Waals surface area contributed by atoms with Gasteiger partial charge in [-0.15, -0.1) is 0 Å². The monoisotopic (exact) mass is 404 g/mol. The van der Waals surface area contributed by atoms with Crippen LogP contribution in [0.25, 0.3) is 11.1 Å². The number of hydrogen-bond acceptors (Lipinski definition) is 0. The van der Waals surface area contributed by atoms with Crippen LogP contribution in [-0.2, 0) is 12.8 Å². The fourth-order valence-electron chi connectivity index (χ4n) is 5.04. The van der Waals surface area contributed by atoms with E-state index in [2.05, 4.69) is 55.5 Å². The Hall–Kier alpha value is -1.56. The van der Waals surface area contributed by atoms with Gasteiger partial charge in [-0.1, -0.05) is 133 Å². The molecular weight excluding hydrogens is 360 g/mol. The van der Waals surface area contributed by atoms with Crippen molar-refractivity contribution < 1.29 is 0 Å². The molecule has 0 heterocycles. The van der Waals surface area contributed by atoms with Gasteiger partial charge in [-0.3, -0.25) is 0 Å². The third-order valence-electron chi connectivity index (χ3n) is 7.13. The Morgan fingerprint density at radius 2 is 1.07 bits per heavy atom. The minimum Gasteiger partial charge on any atom is -0.0654 e. The molecule has 0 heteroatoms. The van der Waals surface area contributed by atoms with Crippen LogP contribution in [0.5, 0.6) is 0 Å². The first kappa shape index (κ1) is 23.1. The van der Waals surface area contributed by atoms with Crippen molar-refractivity contribution >= 4 is 0 Å². The zero-order valence-electron chi connectivity index (χ0n) is 19.5. The first-order valence-corrected chi connectivity index (χ1v) is 13.0. The molecule has 0 amide bonds. The van der Waals surface area contributed by atoms with Crippen LogP contribution in [0.1, 0.15) is 108 Å². The van der Waals surface area contributed by atoms with Gasteiger partial charge >= 0.3 is 0 Å². The number of benzene rings is 2. The van der Waals surface area contributed by atoms with Crippen molar-refractivity contribution in [2.45, 2.75) is 110 Å². The van der Waals surface area contributed by atoms with Gasteiger partial charge < -0.3 is 0 Å². The molecule has 30 heavy (non-hydrogen) atoms. The van der Waals surface area contributed by atoms with E-state index in [0.29, 0.717) is 0 Å². The SMILES string of the molecule is CCCCCCCCCCc1ccc(-c2ccc(CCC3CCCCC3)cc2)cc1. The Kier molecular flexibility index (Phi) is 10.5. The molecule has 0 N–H and O–H groups in total. The minimum absolute atomic E-state index is 0.979. The highest BCUT2D eigenvalue weighted by atomic mass is 14.2. The van der Waals surface area contributed by atoms with Crippen LogP contribution in [0.3, 0.4) is 0 Å². The quantitative estimate of drug-likeness (QED) is 0.291. The Bertz CT molecular complexity index is 673. The summed E-state index contributed by atoms with van der Waals surface area (Å²) in [7, 11) is 0. The number of rotatable bonds is 13. The van der Waals surface area contributed by atoms with Crippen LogP contribution in [0.15, 0.2) is 48.5 Å². The lowest BCUT2D eigenvalue weighted by Crippen LogP contribution is -2.07. The summed E-state index contributed by atoms with van der Waals surface area (Å²) < 4.78 is 0. The smallest absolute Gasteiger partial charge is 0.0184 e. The summed E-state index contributed by atoms with van der Waals surface area (Å²) in [5.74, 6) is 0.979. The topological polar surface area (TPSA) is 0 Å². The molecule has 0 nitrogen and oxygen atoms in total. The zero-order chi connectivity index (χ0) is 20.9. The van der Waals surface area contributed by atoms with Crippen molar-refractivity contribution in [3.05, 3.63) is 59.7 Å². The molecule has 164 valence electrons. The lowest BCUT2D eigenvalue weighted by Gasteiger charge is -2.21. The standard InChI is InChI=1S/C30H44/c1-2-3-4-5-6-7-8-10-15-27-18-22-29(23-19-27)30-24-20-28(21-25-30)17-16-26-13-11-9-12-14-26/h18-26H,2-17H2,1H3. The molecule has 0 spiro atoms. The molecule has 0 aliphatic heterocycles. The highest BCUT2D eigenvalue weighted by Gasteiger charge is 2.13. The van der Waals surface area contributed by atoms with Gasteiger partial charge in [-0.05, 0) is 53.9 Å². The molecule has 0 aromatic heterocycles. The molecule has 1 aliphatic carbocycles. The van der Waals surface area contributed by atoms with E-state index in [1.807, 2.05) is 0 Å². The fourth-order valence-corrected chi connectivity index (χ4v) is 5.04. The van der Waals surface area contributed by atoms with Gasteiger partial charge in [0.15, 0.2) is 0 Å². The average Bonchev–Trinajstić information content (AvgIpc) is 2.81. The third kappa shape index (κ3) is 8.29. The molecule has 1 fully saturated rings. The Balaban J connectivity index is 1.36. The van der Waals surface area contributed by atoms with Crippen LogP contribution < -0.4 is 0 Å². The normalized spacial score (nSPS) is 14.8. The first-order chi connectivity index (χ1) is 14.8. The second-order valence-corrected chi connectivity index (χ2v) is 9.66. The van der Waals surface area contributed by atoms with Crippen LogP contribution >= 0.6 is 0 Å². The van der Waals surface area contributed by atoms with Crippen LogP contribution in [0.2, 0.25) is 0 Å². The maximum Gasteiger partial charge on any atom is -0.0184 e. The summed E-state index contributed by atoms with van der Waals surface area (Å²) in [6.07, 6.45) is 22.3. The van der Waals surface area contributed by atoms with Gasteiger partial charge in [-0.25, -0.2) is 0 Å². The molecule has 3 rings (SSSR count). The summed E-state index contributed by atoms with van der Waals surface area (Å²) in [6, 6.07) is 18.7. The van der Waals surface area contributed by atoms with E-state index in [9.17, 15) is 0 Å². The maximum absolute atomic E-state index is 2.35. The lowest BCUT2D eigenvalue weighted by atomic mass is 9.85. The molecule has 1 aliphatic rings. The van der Waals surface area contributed by atoms with Gasteiger partial charge in [-0.2, -0.15) is 0 Å². The van der Waals surface area contributed by atoms with E-state index in [1.165, 1.54) is 125 Å². The molecule has 0 unspecified atom stereocenters. The fraction of sp³-hybridized carbons (Fsp3) is 0.600. The summed E-state index contributed by atoms with van der Waals surface area (Å²) in [4.78, 5) is 0. The second kappa shape index (κ2) is 13.7. The maximum atomic E-state index is 2.35. The predicted octanol–water partition coefficient (Wildman–Crippen LogP) is 9.55. The third-order valence-corrected chi connectivity index (χ3v) is 7.13. The largest absolute Gasteiger partial charge is 0.0654 e. The Labute approximate surface area is 186 Å². The van der Waals surface area contributed by atoms with Gasteiger partial charge in [0, 0.05) is 0 Å². The molecule has 1 saturated carbocycles. The van der Waals surface area contributed by atoms with E-state index in [4.69, 9.17) is 0 Å². The Morgan fingerprint density at radius 3 is 1.63 bits per heavy atom. The van der Waals surface area contributed by atoms with Crippen LogP contribution in [0.4, 0.5) is 0 Å². The van der Waals surface area contributed by atoms with Crippen molar-refractivity contribution in [1.29, 1.82) is 0 Å². The number of unbranched alkanes of at least 4 members (excludes halogenated alkanes) is 7. The van der Waals surface area contributed by atoms with E-state index in [0.717, 1.165) is 5.92 Å². The lowest BCUT2D eigenvalue weighted by molar-refractivity contribution is 0.339. The van der Waals surface area contributed by atoms with E-state index < -0.39 is 0 Å². The van der Waals surface area contributed by atoms with Crippen molar-refractivity contribution in [1.82, 2.24) is 0 Å². The predicted molar refractivity (Wildman–Crippen MR) is 133 cm³/mol.